The number of nitrogens with two attached hydrogens (primary N) is 1. The monoisotopic (exact) mass is 347 g/mol. The van der Waals surface area contributed by atoms with Crippen LogP contribution in [0.1, 0.15) is 36.6 Å². The van der Waals surface area contributed by atoms with E-state index in [9.17, 15) is 9.18 Å². The van der Waals surface area contributed by atoms with Gasteiger partial charge in [0.05, 0.1) is 7.11 Å². The number of benzene rings is 1. The minimum atomic E-state index is -0.389. The Morgan fingerprint density at radius 1 is 1.44 bits per heavy atom. The summed E-state index contributed by atoms with van der Waals surface area (Å²) in [6.45, 7) is 1.31. The number of rotatable bonds is 5. The lowest BCUT2D eigenvalue weighted by Crippen LogP contribution is -2.38. The number of nitrogen functional groups attached to an aromatic ring is 1. The molecule has 8 heteroatoms. The number of likely N-dealkylation sites (tertiary alicyclic amines) is 1. The molecule has 134 valence electrons. The van der Waals surface area contributed by atoms with E-state index in [1.807, 2.05) is 4.90 Å². The lowest BCUT2D eigenvalue weighted by Gasteiger charge is -2.31. The van der Waals surface area contributed by atoms with Gasteiger partial charge in [-0.05, 0) is 30.9 Å². The fourth-order valence-corrected chi connectivity index (χ4v) is 3.18. The molecule has 2 heterocycles. The Labute approximate surface area is 145 Å². The highest BCUT2D eigenvalue weighted by atomic mass is 19.1. The van der Waals surface area contributed by atoms with Gasteiger partial charge in [0.15, 0.2) is 11.6 Å². The number of aromatic amines is 1. The van der Waals surface area contributed by atoms with Gasteiger partial charge in [-0.1, -0.05) is 12.1 Å². The minimum Gasteiger partial charge on any atom is -0.494 e. The Hall–Kier alpha value is -2.64. The Morgan fingerprint density at radius 2 is 2.20 bits per heavy atom. The van der Waals surface area contributed by atoms with Gasteiger partial charge in [-0.25, -0.2) is 4.39 Å². The number of H-pyrrole nitrogens is 1. The predicted molar refractivity (Wildman–Crippen MR) is 90.6 cm³/mol. The summed E-state index contributed by atoms with van der Waals surface area (Å²) < 4.78 is 19.1. The maximum Gasteiger partial charge on any atom is 0.239 e. The van der Waals surface area contributed by atoms with Crippen molar-refractivity contribution in [3.8, 4) is 5.75 Å². The SMILES string of the molecule is COc1cccc(CCC(=O)N2CCC(c3nc(N)n[nH]3)CC2)c1F. The number of carbonyl (C=O) groups is 1. The Kier molecular flexibility index (Phi) is 5.16. The summed E-state index contributed by atoms with van der Waals surface area (Å²) >= 11 is 0. The molecule has 0 saturated carbocycles. The molecular formula is C17H22FN5O2. The molecule has 1 fully saturated rings. The van der Waals surface area contributed by atoms with Crippen LogP contribution in [0.15, 0.2) is 18.2 Å². The average molecular weight is 347 g/mol. The summed E-state index contributed by atoms with van der Waals surface area (Å²) in [6, 6.07) is 4.99. The number of amides is 1. The van der Waals surface area contributed by atoms with Crippen LogP contribution in [0.3, 0.4) is 0 Å². The van der Waals surface area contributed by atoms with Gasteiger partial charge in [-0.2, -0.15) is 4.98 Å². The quantitative estimate of drug-likeness (QED) is 0.861. The number of aryl methyl sites for hydroxylation is 1. The molecule has 1 aromatic carbocycles. The van der Waals surface area contributed by atoms with Gasteiger partial charge in [-0.15, -0.1) is 5.10 Å². The predicted octanol–water partition coefficient (Wildman–Crippen LogP) is 1.87. The Bertz CT molecular complexity index is 740. The van der Waals surface area contributed by atoms with Crippen molar-refractivity contribution in [3.63, 3.8) is 0 Å². The van der Waals surface area contributed by atoms with E-state index in [0.717, 1.165) is 18.7 Å². The third-order valence-corrected chi connectivity index (χ3v) is 4.63. The van der Waals surface area contributed by atoms with Crippen molar-refractivity contribution in [1.82, 2.24) is 20.1 Å². The van der Waals surface area contributed by atoms with Crippen molar-refractivity contribution < 1.29 is 13.9 Å². The van der Waals surface area contributed by atoms with Gasteiger partial charge < -0.3 is 15.4 Å². The second kappa shape index (κ2) is 7.50. The lowest BCUT2D eigenvalue weighted by molar-refractivity contribution is -0.132. The van der Waals surface area contributed by atoms with E-state index in [1.54, 1.807) is 18.2 Å². The summed E-state index contributed by atoms with van der Waals surface area (Å²) in [6.07, 6.45) is 2.27. The van der Waals surface area contributed by atoms with Gasteiger partial charge >= 0.3 is 0 Å². The molecule has 2 aromatic rings. The molecule has 0 unspecified atom stereocenters. The number of halogens is 1. The summed E-state index contributed by atoms with van der Waals surface area (Å²) in [4.78, 5) is 18.4. The van der Waals surface area contributed by atoms with Crippen LogP contribution in [-0.4, -0.2) is 46.2 Å². The van der Waals surface area contributed by atoms with E-state index in [0.29, 0.717) is 25.1 Å². The molecule has 0 bridgehead atoms. The van der Waals surface area contributed by atoms with Crippen LogP contribution < -0.4 is 10.5 Å². The zero-order chi connectivity index (χ0) is 17.8. The van der Waals surface area contributed by atoms with Crippen LogP contribution in [0.2, 0.25) is 0 Å². The molecule has 7 nitrogen and oxygen atoms in total. The highest BCUT2D eigenvalue weighted by molar-refractivity contribution is 5.76. The zero-order valence-electron chi connectivity index (χ0n) is 14.2. The number of aromatic nitrogens is 3. The largest absolute Gasteiger partial charge is 0.494 e. The zero-order valence-corrected chi connectivity index (χ0v) is 14.2. The van der Waals surface area contributed by atoms with E-state index in [1.165, 1.54) is 7.11 Å². The van der Waals surface area contributed by atoms with E-state index in [4.69, 9.17) is 10.5 Å². The lowest BCUT2D eigenvalue weighted by atomic mass is 9.95. The van der Waals surface area contributed by atoms with Crippen molar-refractivity contribution in [1.29, 1.82) is 0 Å². The number of nitrogens with zero attached hydrogens (tertiary/aromatic N) is 3. The summed E-state index contributed by atoms with van der Waals surface area (Å²) in [7, 11) is 1.43. The van der Waals surface area contributed by atoms with Crippen molar-refractivity contribution in [2.24, 2.45) is 0 Å². The van der Waals surface area contributed by atoms with Crippen LogP contribution in [0.4, 0.5) is 10.3 Å². The fraction of sp³-hybridized carbons (Fsp3) is 0.471. The van der Waals surface area contributed by atoms with Crippen LogP contribution in [0.5, 0.6) is 5.75 Å². The minimum absolute atomic E-state index is 0.0396. The number of methoxy groups -OCH3 is 1. The molecule has 0 radical (unpaired) electrons. The maximum atomic E-state index is 14.1. The van der Waals surface area contributed by atoms with Gasteiger partial charge in [-0.3, -0.25) is 9.89 Å². The van der Waals surface area contributed by atoms with Gasteiger partial charge in [0, 0.05) is 25.4 Å². The molecule has 1 aromatic heterocycles. The van der Waals surface area contributed by atoms with Crippen LogP contribution in [0.25, 0.3) is 0 Å². The van der Waals surface area contributed by atoms with Gasteiger partial charge in [0.1, 0.15) is 5.82 Å². The Morgan fingerprint density at radius 3 is 2.84 bits per heavy atom. The average Bonchev–Trinajstić information content (AvgIpc) is 3.07. The first-order valence-corrected chi connectivity index (χ1v) is 8.35. The molecule has 1 aliphatic rings. The first kappa shape index (κ1) is 17.2. The first-order chi connectivity index (χ1) is 12.1. The number of piperidine rings is 1. The molecule has 1 amide bonds. The Balaban J connectivity index is 1.51. The number of hydrogen-bond donors (Lipinski definition) is 2. The van der Waals surface area contributed by atoms with E-state index >= 15 is 0 Å². The maximum absolute atomic E-state index is 14.1. The topological polar surface area (TPSA) is 97.1 Å². The summed E-state index contributed by atoms with van der Waals surface area (Å²) in [5.41, 5.74) is 6.03. The first-order valence-electron chi connectivity index (χ1n) is 8.35. The molecule has 1 saturated heterocycles. The highest BCUT2D eigenvalue weighted by Crippen LogP contribution is 2.26. The van der Waals surface area contributed by atoms with Crippen molar-refractivity contribution >= 4 is 11.9 Å². The number of ether oxygens (including phenoxy) is 1. The fourth-order valence-electron chi connectivity index (χ4n) is 3.18. The van der Waals surface area contributed by atoms with Gasteiger partial charge in [0.2, 0.25) is 11.9 Å². The molecule has 0 atom stereocenters. The van der Waals surface area contributed by atoms with Crippen LogP contribution in [-0.2, 0) is 11.2 Å². The summed E-state index contributed by atoms with van der Waals surface area (Å²) in [5, 5.41) is 6.69. The van der Waals surface area contributed by atoms with E-state index in [-0.39, 0.29) is 35.8 Å². The number of nitrogens with one attached hydrogen (secondary N) is 1. The van der Waals surface area contributed by atoms with Crippen molar-refractivity contribution in [2.45, 2.75) is 31.6 Å². The van der Waals surface area contributed by atoms with E-state index < -0.39 is 0 Å². The highest BCUT2D eigenvalue weighted by Gasteiger charge is 2.25. The molecule has 1 aliphatic heterocycles. The number of carbonyl (C=O) groups excluding carboxylic acids is 1. The molecule has 0 spiro atoms. The second-order valence-electron chi connectivity index (χ2n) is 6.17. The third kappa shape index (κ3) is 3.89. The van der Waals surface area contributed by atoms with E-state index in [2.05, 4.69) is 15.2 Å². The normalized spacial score (nSPS) is 15.4. The molecular weight excluding hydrogens is 325 g/mol. The number of anilines is 1. The van der Waals surface area contributed by atoms with Crippen molar-refractivity contribution in [3.05, 3.63) is 35.4 Å². The standard InChI is InChI=1S/C17H22FN5O2/c1-25-13-4-2-3-11(15(13)18)5-6-14(24)23-9-7-12(8-10-23)16-20-17(19)22-21-16/h2-4,12H,5-10H2,1H3,(H3,19,20,21,22). The molecule has 0 aliphatic carbocycles. The van der Waals surface area contributed by atoms with Crippen LogP contribution >= 0.6 is 0 Å². The number of hydrogen-bond acceptors (Lipinski definition) is 5. The summed E-state index contributed by atoms with van der Waals surface area (Å²) in [5.74, 6) is 1.12. The molecule has 3 rings (SSSR count). The second-order valence-corrected chi connectivity index (χ2v) is 6.17. The smallest absolute Gasteiger partial charge is 0.239 e. The third-order valence-electron chi connectivity index (χ3n) is 4.63. The van der Waals surface area contributed by atoms with Crippen LogP contribution in [0, 0.1) is 5.82 Å². The van der Waals surface area contributed by atoms with Crippen molar-refractivity contribution in [2.75, 3.05) is 25.9 Å². The molecule has 3 N–H and O–H groups in total. The molecule has 25 heavy (non-hydrogen) atoms. The van der Waals surface area contributed by atoms with Gasteiger partial charge in [0.25, 0.3) is 0 Å².